The Hall–Kier alpha value is -5.66. The Balaban J connectivity index is 1.04. The van der Waals surface area contributed by atoms with Crippen LogP contribution in [0.1, 0.15) is 22.6 Å². The van der Waals surface area contributed by atoms with Crippen LogP contribution in [0, 0.1) is 0 Å². The summed E-state index contributed by atoms with van der Waals surface area (Å²) in [6, 6.07) is 67.4. The molecular formula is C44H35N. The first-order chi connectivity index (χ1) is 22.3. The van der Waals surface area contributed by atoms with Crippen LogP contribution in [-0.4, -0.2) is 0 Å². The van der Waals surface area contributed by atoms with Gasteiger partial charge in [-0.1, -0.05) is 164 Å². The lowest BCUT2D eigenvalue weighted by Gasteiger charge is -2.19. The lowest BCUT2D eigenvalue weighted by atomic mass is 9.85. The van der Waals surface area contributed by atoms with Crippen molar-refractivity contribution in [1.29, 1.82) is 0 Å². The first-order valence-corrected chi connectivity index (χ1v) is 15.6. The monoisotopic (exact) mass is 577 g/mol. The maximum absolute atomic E-state index is 3.54. The van der Waals surface area contributed by atoms with Gasteiger partial charge in [-0.3, -0.25) is 0 Å². The fraction of sp³-hybridized carbons (Fsp3) is 0.0455. The van der Waals surface area contributed by atoms with Gasteiger partial charge in [-0.15, -0.1) is 0 Å². The first-order valence-electron chi connectivity index (χ1n) is 15.6. The van der Waals surface area contributed by atoms with Crippen LogP contribution in [-0.2, 0) is 6.42 Å². The summed E-state index contributed by atoms with van der Waals surface area (Å²) >= 11 is 0. The van der Waals surface area contributed by atoms with E-state index in [0.717, 1.165) is 17.8 Å². The van der Waals surface area contributed by atoms with E-state index < -0.39 is 0 Å². The number of nitrogens with one attached hydrogen (secondary N) is 1. The molecule has 7 aromatic carbocycles. The summed E-state index contributed by atoms with van der Waals surface area (Å²) < 4.78 is 0. The summed E-state index contributed by atoms with van der Waals surface area (Å²) in [6.07, 6.45) is 0.945. The molecule has 1 N–H and O–H groups in total. The third kappa shape index (κ3) is 6.79. The molecule has 1 unspecified atom stereocenters. The smallest absolute Gasteiger partial charge is 0.0384 e. The van der Waals surface area contributed by atoms with Gasteiger partial charge in [-0.2, -0.15) is 0 Å². The molecule has 0 radical (unpaired) electrons. The molecule has 0 spiro atoms. The van der Waals surface area contributed by atoms with Gasteiger partial charge in [-0.25, -0.2) is 0 Å². The van der Waals surface area contributed by atoms with E-state index in [1.807, 2.05) is 6.07 Å². The molecule has 0 aliphatic heterocycles. The van der Waals surface area contributed by atoms with E-state index in [9.17, 15) is 0 Å². The molecule has 0 heterocycles. The molecular weight excluding hydrogens is 542 g/mol. The van der Waals surface area contributed by atoms with Crippen LogP contribution in [0.4, 0.5) is 11.4 Å². The molecule has 45 heavy (non-hydrogen) atoms. The van der Waals surface area contributed by atoms with E-state index in [4.69, 9.17) is 0 Å². The van der Waals surface area contributed by atoms with Gasteiger partial charge in [0.2, 0.25) is 0 Å². The quantitative estimate of drug-likeness (QED) is 0.180. The standard InChI is InChI=1S/C44H35N/c1-4-10-34(11-5-1)37-20-22-41(23-21-37)44(40-14-8-3-9-15-40)32-33-16-18-36(19-17-33)39-26-30-43(31-27-39)45-42-28-24-38(25-29-42)35-12-6-2-7-13-35/h1-31,44-45H,32H2. The Bertz CT molecular complexity index is 1930. The van der Waals surface area contributed by atoms with Crippen LogP contribution in [0.15, 0.2) is 188 Å². The van der Waals surface area contributed by atoms with E-state index in [1.165, 1.54) is 50.1 Å². The molecule has 0 aliphatic rings. The van der Waals surface area contributed by atoms with E-state index in [-0.39, 0.29) is 5.92 Å². The van der Waals surface area contributed by atoms with Gasteiger partial charge < -0.3 is 5.32 Å². The van der Waals surface area contributed by atoms with Crippen molar-refractivity contribution in [1.82, 2.24) is 0 Å². The molecule has 7 aromatic rings. The van der Waals surface area contributed by atoms with Crippen LogP contribution >= 0.6 is 0 Å². The average molecular weight is 578 g/mol. The minimum absolute atomic E-state index is 0.286. The van der Waals surface area contributed by atoms with E-state index in [2.05, 4.69) is 187 Å². The summed E-state index contributed by atoms with van der Waals surface area (Å²) in [5, 5.41) is 3.54. The van der Waals surface area contributed by atoms with Crippen LogP contribution in [0.3, 0.4) is 0 Å². The predicted molar refractivity (Wildman–Crippen MR) is 191 cm³/mol. The minimum Gasteiger partial charge on any atom is -0.356 e. The number of anilines is 2. The van der Waals surface area contributed by atoms with Gasteiger partial charge >= 0.3 is 0 Å². The number of hydrogen-bond acceptors (Lipinski definition) is 1. The Morgan fingerprint density at radius 1 is 0.311 bits per heavy atom. The van der Waals surface area contributed by atoms with Gasteiger partial charge in [0.15, 0.2) is 0 Å². The second-order valence-electron chi connectivity index (χ2n) is 11.5. The molecule has 1 nitrogen and oxygen atoms in total. The Kier molecular flexibility index (Phi) is 8.33. The zero-order valence-electron chi connectivity index (χ0n) is 25.2. The van der Waals surface area contributed by atoms with Crippen molar-refractivity contribution in [2.24, 2.45) is 0 Å². The van der Waals surface area contributed by atoms with Crippen molar-refractivity contribution in [3.05, 3.63) is 205 Å². The van der Waals surface area contributed by atoms with E-state index >= 15 is 0 Å². The average Bonchev–Trinajstić information content (AvgIpc) is 3.13. The van der Waals surface area contributed by atoms with Crippen LogP contribution < -0.4 is 5.32 Å². The van der Waals surface area contributed by atoms with Crippen molar-refractivity contribution in [3.63, 3.8) is 0 Å². The van der Waals surface area contributed by atoms with E-state index in [1.54, 1.807) is 0 Å². The molecule has 216 valence electrons. The maximum atomic E-state index is 3.54. The Morgan fingerprint density at radius 2 is 0.644 bits per heavy atom. The number of hydrogen-bond donors (Lipinski definition) is 1. The second-order valence-corrected chi connectivity index (χ2v) is 11.5. The topological polar surface area (TPSA) is 12.0 Å². The largest absolute Gasteiger partial charge is 0.356 e. The molecule has 1 heteroatoms. The predicted octanol–water partition coefficient (Wildman–Crippen LogP) is 11.8. The molecule has 0 amide bonds. The molecule has 0 saturated heterocycles. The third-order valence-electron chi connectivity index (χ3n) is 8.51. The van der Waals surface area contributed by atoms with E-state index in [0.29, 0.717) is 0 Å². The fourth-order valence-electron chi connectivity index (χ4n) is 6.01. The highest BCUT2D eigenvalue weighted by atomic mass is 14.9. The summed E-state index contributed by atoms with van der Waals surface area (Å²) in [4.78, 5) is 0. The lowest BCUT2D eigenvalue weighted by molar-refractivity contribution is 0.805. The molecule has 1 atom stereocenters. The van der Waals surface area contributed by atoms with Gasteiger partial charge in [-0.05, 0) is 80.8 Å². The summed E-state index contributed by atoms with van der Waals surface area (Å²) in [5.74, 6) is 0.286. The second kappa shape index (κ2) is 13.3. The summed E-state index contributed by atoms with van der Waals surface area (Å²) in [7, 11) is 0. The Morgan fingerprint density at radius 3 is 1.09 bits per heavy atom. The highest BCUT2D eigenvalue weighted by Crippen LogP contribution is 2.32. The molecule has 0 saturated carbocycles. The maximum Gasteiger partial charge on any atom is 0.0384 e. The highest BCUT2D eigenvalue weighted by Gasteiger charge is 2.15. The molecule has 0 fully saturated rings. The van der Waals surface area contributed by atoms with Gasteiger partial charge in [0, 0.05) is 17.3 Å². The third-order valence-corrected chi connectivity index (χ3v) is 8.51. The molecule has 0 aliphatic carbocycles. The summed E-state index contributed by atoms with van der Waals surface area (Å²) in [5.41, 5.74) is 13.5. The van der Waals surface area contributed by atoms with Crippen molar-refractivity contribution in [3.8, 4) is 33.4 Å². The van der Waals surface area contributed by atoms with Crippen molar-refractivity contribution in [2.45, 2.75) is 12.3 Å². The number of benzene rings is 7. The molecule has 0 aromatic heterocycles. The van der Waals surface area contributed by atoms with Crippen LogP contribution in [0.5, 0.6) is 0 Å². The van der Waals surface area contributed by atoms with Crippen molar-refractivity contribution < 1.29 is 0 Å². The number of rotatable bonds is 9. The van der Waals surface area contributed by atoms with Gasteiger partial charge in [0.25, 0.3) is 0 Å². The zero-order valence-corrected chi connectivity index (χ0v) is 25.2. The van der Waals surface area contributed by atoms with Crippen molar-refractivity contribution >= 4 is 11.4 Å². The molecule has 0 bridgehead atoms. The first kappa shape index (κ1) is 28.1. The summed E-state index contributed by atoms with van der Waals surface area (Å²) in [6.45, 7) is 0. The zero-order chi connectivity index (χ0) is 30.3. The van der Waals surface area contributed by atoms with Crippen LogP contribution in [0.25, 0.3) is 33.4 Å². The normalized spacial score (nSPS) is 11.6. The van der Waals surface area contributed by atoms with Gasteiger partial charge in [0.1, 0.15) is 0 Å². The lowest BCUT2D eigenvalue weighted by Crippen LogP contribution is -2.05. The minimum atomic E-state index is 0.286. The van der Waals surface area contributed by atoms with Crippen molar-refractivity contribution in [2.75, 3.05) is 5.32 Å². The van der Waals surface area contributed by atoms with Crippen LogP contribution in [0.2, 0.25) is 0 Å². The molecule has 7 rings (SSSR count). The fourth-order valence-corrected chi connectivity index (χ4v) is 6.01. The highest BCUT2D eigenvalue weighted by molar-refractivity contribution is 5.71. The Labute approximate surface area is 266 Å². The SMILES string of the molecule is c1ccc(-c2ccc(Nc3ccc(-c4ccc(CC(c5ccccc5)c5ccc(-c6ccccc6)cc5)cc4)cc3)cc2)cc1. The van der Waals surface area contributed by atoms with Gasteiger partial charge in [0.05, 0.1) is 0 Å².